The highest BCUT2D eigenvalue weighted by Crippen LogP contribution is 2.33. The van der Waals surface area contributed by atoms with Crippen LogP contribution in [0.3, 0.4) is 0 Å². The maximum Gasteiger partial charge on any atom is 0.341 e. The molecule has 0 aliphatic carbocycles. The van der Waals surface area contributed by atoms with E-state index in [0.29, 0.717) is 36.8 Å². The van der Waals surface area contributed by atoms with E-state index in [1.807, 2.05) is 6.92 Å². The normalized spacial score (nSPS) is 16.9. The topological polar surface area (TPSA) is 97.7 Å². The Kier molecular flexibility index (Phi) is 7.77. The molecule has 0 saturated carbocycles. The van der Waals surface area contributed by atoms with Crippen LogP contribution < -0.4 is 5.32 Å². The smallest absolute Gasteiger partial charge is 0.341 e. The number of hydrogen-bond acceptors (Lipinski definition) is 5. The predicted molar refractivity (Wildman–Crippen MR) is 122 cm³/mol. The maximum absolute atomic E-state index is 14.0. The summed E-state index contributed by atoms with van der Waals surface area (Å²) in [5.74, 6) is -3.71. The number of piperidine rings is 1. The number of aromatic nitrogens is 1. The molecule has 0 radical (unpaired) electrons. The summed E-state index contributed by atoms with van der Waals surface area (Å²) >= 11 is 0. The van der Waals surface area contributed by atoms with E-state index in [1.165, 1.54) is 4.31 Å². The van der Waals surface area contributed by atoms with E-state index in [2.05, 4.69) is 5.32 Å². The van der Waals surface area contributed by atoms with Crippen molar-refractivity contribution in [1.29, 1.82) is 0 Å². The summed E-state index contributed by atoms with van der Waals surface area (Å²) in [5.41, 5.74) is 0.738. The second-order valence-electron chi connectivity index (χ2n) is 8.16. The molecule has 1 atom stereocenters. The number of halogens is 2. The molecule has 1 N–H and O–H groups in total. The third-order valence-corrected chi connectivity index (χ3v) is 8.09. The lowest BCUT2D eigenvalue weighted by atomic mass is 9.98. The zero-order chi connectivity index (χ0) is 25.2. The molecule has 1 aliphatic rings. The van der Waals surface area contributed by atoms with Gasteiger partial charge in [0.1, 0.15) is 22.1 Å². The van der Waals surface area contributed by atoms with Gasteiger partial charge < -0.3 is 14.6 Å². The molecule has 0 bridgehead atoms. The number of carbonyl (C=O) groups excluding carboxylic acids is 2. The summed E-state index contributed by atoms with van der Waals surface area (Å²) in [7, 11) is -4.14. The molecular weight excluding hydrogens is 468 g/mol. The van der Waals surface area contributed by atoms with Gasteiger partial charge in [0.2, 0.25) is 15.9 Å². The first-order valence-corrected chi connectivity index (χ1v) is 12.6. The lowest BCUT2D eigenvalue weighted by Crippen LogP contribution is -2.44. The SMILES string of the molecule is CCOC(=O)c1c(S(=O)(=O)N2CCC[C@@H](C(=O)Nc3ccc(F)cc3F)C2)c(C)n(CC)c1C. The van der Waals surface area contributed by atoms with Crippen LogP contribution in [0, 0.1) is 31.4 Å². The fourth-order valence-corrected chi connectivity index (χ4v) is 6.39. The molecule has 0 unspecified atom stereocenters. The molecule has 3 rings (SSSR count). The zero-order valence-electron chi connectivity index (χ0n) is 19.7. The largest absolute Gasteiger partial charge is 0.462 e. The van der Waals surface area contributed by atoms with Gasteiger partial charge in [-0.2, -0.15) is 4.31 Å². The Balaban J connectivity index is 1.91. The average molecular weight is 498 g/mol. The lowest BCUT2D eigenvalue weighted by molar-refractivity contribution is -0.120. The van der Waals surface area contributed by atoms with Crippen LogP contribution in [0.25, 0.3) is 0 Å². The van der Waals surface area contributed by atoms with E-state index in [9.17, 15) is 26.8 Å². The van der Waals surface area contributed by atoms with Crippen LogP contribution in [0.2, 0.25) is 0 Å². The lowest BCUT2D eigenvalue weighted by Gasteiger charge is -2.31. The minimum absolute atomic E-state index is 0.00107. The summed E-state index contributed by atoms with van der Waals surface area (Å²) in [6, 6.07) is 2.80. The Morgan fingerprint density at radius 2 is 1.88 bits per heavy atom. The van der Waals surface area contributed by atoms with E-state index in [1.54, 1.807) is 25.3 Å². The molecule has 186 valence electrons. The van der Waals surface area contributed by atoms with Crippen molar-refractivity contribution in [1.82, 2.24) is 8.87 Å². The molecule has 1 aliphatic heterocycles. The van der Waals surface area contributed by atoms with Crippen LogP contribution in [0.5, 0.6) is 0 Å². The minimum Gasteiger partial charge on any atom is -0.462 e. The fraction of sp³-hybridized carbons (Fsp3) is 0.478. The van der Waals surface area contributed by atoms with Crippen LogP contribution in [-0.2, 0) is 26.1 Å². The van der Waals surface area contributed by atoms with Crippen LogP contribution in [-0.4, -0.2) is 48.9 Å². The quantitative estimate of drug-likeness (QED) is 0.590. The number of hydrogen-bond donors (Lipinski definition) is 1. The Morgan fingerprint density at radius 3 is 2.50 bits per heavy atom. The van der Waals surface area contributed by atoms with E-state index < -0.39 is 39.5 Å². The van der Waals surface area contributed by atoms with Crippen LogP contribution in [0.4, 0.5) is 14.5 Å². The average Bonchev–Trinajstić information content (AvgIpc) is 3.05. The molecule has 34 heavy (non-hydrogen) atoms. The van der Waals surface area contributed by atoms with Crippen molar-refractivity contribution in [2.24, 2.45) is 5.92 Å². The second kappa shape index (κ2) is 10.2. The van der Waals surface area contributed by atoms with Crippen molar-refractivity contribution in [2.75, 3.05) is 25.0 Å². The predicted octanol–water partition coefficient (Wildman–Crippen LogP) is 3.62. The van der Waals surface area contributed by atoms with E-state index >= 15 is 0 Å². The van der Waals surface area contributed by atoms with Gasteiger partial charge in [0.25, 0.3) is 0 Å². The molecule has 1 amide bonds. The monoisotopic (exact) mass is 497 g/mol. The number of nitrogens with zero attached hydrogens (tertiary/aromatic N) is 2. The minimum atomic E-state index is -4.14. The van der Waals surface area contributed by atoms with Gasteiger partial charge in [-0.25, -0.2) is 22.0 Å². The number of ether oxygens (including phenoxy) is 1. The van der Waals surface area contributed by atoms with Crippen molar-refractivity contribution < 1.29 is 31.5 Å². The maximum atomic E-state index is 14.0. The number of carbonyl (C=O) groups is 2. The van der Waals surface area contributed by atoms with Gasteiger partial charge in [0.15, 0.2) is 0 Å². The van der Waals surface area contributed by atoms with Crippen LogP contribution >= 0.6 is 0 Å². The van der Waals surface area contributed by atoms with Crippen molar-refractivity contribution in [3.63, 3.8) is 0 Å². The third-order valence-electron chi connectivity index (χ3n) is 6.06. The first-order valence-electron chi connectivity index (χ1n) is 11.2. The molecule has 11 heteroatoms. The van der Waals surface area contributed by atoms with E-state index in [4.69, 9.17) is 4.74 Å². The van der Waals surface area contributed by atoms with E-state index in [0.717, 1.165) is 12.1 Å². The van der Waals surface area contributed by atoms with Gasteiger partial charge in [-0.3, -0.25) is 4.79 Å². The summed E-state index contributed by atoms with van der Waals surface area (Å²) in [6.07, 6.45) is 0.809. The molecule has 8 nitrogen and oxygen atoms in total. The molecule has 2 aromatic rings. The molecule has 1 saturated heterocycles. The zero-order valence-corrected chi connectivity index (χ0v) is 20.5. The number of esters is 1. The van der Waals surface area contributed by atoms with Gasteiger partial charge in [0.05, 0.1) is 18.2 Å². The van der Waals surface area contributed by atoms with Gasteiger partial charge in [-0.05, 0) is 52.7 Å². The first-order chi connectivity index (χ1) is 16.0. The summed E-state index contributed by atoms with van der Waals surface area (Å²) < 4.78 is 62.6. The molecule has 1 aromatic carbocycles. The third kappa shape index (κ3) is 4.85. The number of nitrogens with one attached hydrogen (secondary N) is 1. The van der Waals surface area contributed by atoms with Crippen molar-refractivity contribution in [2.45, 2.75) is 52.0 Å². The molecule has 1 aromatic heterocycles. The van der Waals surface area contributed by atoms with Gasteiger partial charge in [-0.1, -0.05) is 0 Å². The number of amides is 1. The second-order valence-corrected chi connectivity index (χ2v) is 10.0. The highest BCUT2D eigenvalue weighted by atomic mass is 32.2. The van der Waals surface area contributed by atoms with Crippen LogP contribution in [0.1, 0.15) is 48.4 Å². The Labute approximate surface area is 197 Å². The molecule has 2 heterocycles. The number of sulfonamides is 1. The molecule has 1 fully saturated rings. The van der Waals surface area contributed by atoms with Crippen molar-refractivity contribution in [3.05, 3.63) is 46.8 Å². The van der Waals surface area contributed by atoms with Crippen LogP contribution in [0.15, 0.2) is 23.1 Å². The summed E-state index contributed by atoms with van der Waals surface area (Å²) in [4.78, 5) is 25.3. The fourth-order valence-electron chi connectivity index (χ4n) is 4.42. The number of benzene rings is 1. The first kappa shape index (κ1) is 25.8. The standard InChI is InChI=1S/C23H29F2N3O5S/c1-5-28-14(3)20(23(30)33-6-2)21(15(28)4)34(31,32)27-11-7-8-16(13-27)22(29)26-19-10-9-17(24)12-18(19)25/h9-10,12,16H,5-8,11,13H2,1-4H3,(H,26,29)/t16-/m1/s1. The van der Waals surface area contributed by atoms with Crippen molar-refractivity contribution >= 4 is 27.6 Å². The van der Waals surface area contributed by atoms with E-state index in [-0.39, 0.29) is 35.8 Å². The summed E-state index contributed by atoms with van der Waals surface area (Å²) in [5, 5.41) is 2.42. The number of rotatable bonds is 7. The highest BCUT2D eigenvalue weighted by molar-refractivity contribution is 7.89. The Hall–Kier alpha value is -2.79. The van der Waals surface area contributed by atoms with Crippen molar-refractivity contribution in [3.8, 4) is 0 Å². The van der Waals surface area contributed by atoms with Gasteiger partial charge in [0, 0.05) is 37.1 Å². The Bertz CT molecular complexity index is 1210. The van der Waals surface area contributed by atoms with Gasteiger partial charge >= 0.3 is 5.97 Å². The number of anilines is 1. The molecular formula is C23H29F2N3O5S. The van der Waals surface area contributed by atoms with Gasteiger partial charge in [-0.15, -0.1) is 0 Å². The molecule has 0 spiro atoms. The summed E-state index contributed by atoms with van der Waals surface area (Å²) in [6.45, 7) is 7.41. The highest BCUT2D eigenvalue weighted by Gasteiger charge is 2.39. The Morgan fingerprint density at radius 1 is 1.18 bits per heavy atom.